The van der Waals surface area contributed by atoms with E-state index in [-0.39, 0.29) is 0 Å². The quantitative estimate of drug-likeness (QED) is 0.758. The van der Waals surface area contributed by atoms with Gasteiger partial charge in [-0.05, 0) is 32.0 Å². The highest BCUT2D eigenvalue weighted by atomic mass is 16.5. The van der Waals surface area contributed by atoms with E-state index in [4.69, 9.17) is 4.74 Å². The van der Waals surface area contributed by atoms with Crippen molar-refractivity contribution >= 4 is 0 Å². The normalized spacial score (nSPS) is 21.9. The summed E-state index contributed by atoms with van der Waals surface area (Å²) in [4.78, 5) is 6.75. The lowest BCUT2D eigenvalue weighted by molar-refractivity contribution is 0.262. The Morgan fingerprint density at radius 2 is 2.47 bits per heavy atom. The minimum absolute atomic E-state index is 0.499. The molecule has 1 fully saturated rings. The average molecular weight is 206 g/mol. The molecular formula is C12H18N2O. The van der Waals surface area contributed by atoms with Crippen LogP contribution in [0.25, 0.3) is 0 Å². The van der Waals surface area contributed by atoms with Gasteiger partial charge < -0.3 is 4.74 Å². The molecule has 0 radical (unpaired) electrons. The lowest BCUT2D eigenvalue weighted by Gasteiger charge is -2.23. The van der Waals surface area contributed by atoms with Gasteiger partial charge in [-0.3, -0.25) is 4.90 Å². The number of likely N-dealkylation sites (tertiary alicyclic amines) is 1. The Morgan fingerprint density at radius 3 is 3.20 bits per heavy atom. The van der Waals surface area contributed by atoms with Crippen LogP contribution in [0, 0.1) is 0 Å². The Kier molecular flexibility index (Phi) is 3.21. The predicted molar refractivity (Wildman–Crippen MR) is 60.0 cm³/mol. The van der Waals surface area contributed by atoms with Crippen molar-refractivity contribution in [3.8, 4) is 5.88 Å². The van der Waals surface area contributed by atoms with Gasteiger partial charge >= 0.3 is 0 Å². The Morgan fingerprint density at radius 1 is 1.60 bits per heavy atom. The molecule has 0 unspecified atom stereocenters. The van der Waals surface area contributed by atoms with E-state index in [1.807, 2.05) is 6.07 Å². The number of pyridine rings is 1. The summed E-state index contributed by atoms with van der Waals surface area (Å²) in [5, 5.41) is 0. The van der Waals surface area contributed by atoms with E-state index >= 15 is 0 Å². The smallest absolute Gasteiger partial charge is 0.217 e. The third-order valence-electron chi connectivity index (χ3n) is 3.12. The molecule has 2 rings (SSSR count). The highest BCUT2D eigenvalue weighted by Gasteiger charge is 2.27. The van der Waals surface area contributed by atoms with Crippen molar-refractivity contribution in [2.75, 3.05) is 20.2 Å². The Bertz CT molecular complexity index is 327. The van der Waals surface area contributed by atoms with Crippen molar-refractivity contribution in [3.05, 3.63) is 23.9 Å². The maximum absolute atomic E-state index is 5.31. The molecule has 0 N–H and O–H groups in total. The first-order chi connectivity index (χ1) is 7.36. The van der Waals surface area contributed by atoms with Gasteiger partial charge in [0.1, 0.15) is 0 Å². The fourth-order valence-corrected chi connectivity index (χ4v) is 2.38. The molecule has 0 amide bonds. The summed E-state index contributed by atoms with van der Waals surface area (Å²) in [5.41, 5.74) is 1.24. The number of methoxy groups -OCH3 is 1. The molecule has 1 aromatic heterocycles. The number of ether oxygens (including phenoxy) is 1. The van der Waals surface area contributed by atoms with Gasteiger partial charge in [0.25, 0.3) is 0 Å². The van der Waals surface area contributed by atoms with Crippen LogP contribution in [-0.2, 0) is 0 Å². The molecule has 2 heterocycles. The number of rotatable bonds is 3. The summed E-state index contributed by atoms with van der Waals surface area (Å²) in [7, 11) is 1.69. The summed E-state index contributed by atoms with van der Waals surface area (Å²) in [6.07, 6.45) is 4.28. The molecule has 0 saturated carbocycles. The largest absolute Gasteiger partial charge is 0.481 e. The number of hydrogen-bond acceptors (Lipinski definition) is 3. The van der Waals surface area contributed by atoms with Gasteiger partial charge in [-0.15, -0.1) is 0 Å². The second-order valence-electron chi connectivity index (χ2n) is 3.89. The first-order valence-electron chi connectivity index (χ1n) is 5.59. The standard InChI is InChI=1S/C12H18N2O/c1-3-14-9-5-7-11(14)10-6-4-8-13-12(10)15-2/h4,6,8,11H,3,5,7,9H2,1-2H3/t11-/m1/s1. The summed E-state index contributed by atoms with van der Waals surface area (Å²) in [5.74, 6) is 0.780. The SMILES string of the molecule is CCN1CCC[C@@H]1c1cccnc1OC. The van der Waals surface area contributed by atoms with Crippen LogP contribution < -0.4 is 4.74 Å². The van der Waals surface area contributed by atoms with Crippen LogP contribution in [0.1, 0.15) is 31.4 Å². The molecule has 1 atom stereocenters. The maximum Gasteiger partial charge on any atom is 0.217 e. The molecule has 1 aromatic rings. The minimum Gasteiger partial charge on any atom is -0.481 e. The fourth-order valence-electron chi connectivity index (χ4n) is 2.38. The van der Waals surface area contributed by atoms with Crippen LogP contribution in [-0.4, -0.2) is 30.1 Å². The monoisotopic (exact) mass is 206 g/mol. The van der Waals surface area contributed by atoms with Crippen molar-refractivity contribution in [2.45, 2.75) is 25.8 Å². The van der Waals surface area contributed by atoms with E-state index in [1.165, 1.54) is 24.9 Å². The van der Waals surface area contributed by atoms with Gasteiger partial charge in [0.05, 0.1) is 7.11 Å². The van der Waals surface area contributed by atoms with E-state index in [2.05, 4.69) is 22.9 Å². The van der Waals surface area contributed by atoms with Crippen LogP contribution in [0.3, 0.4) is 0 Å². The van der Waals surface area contributed by atoms with Crippen LogP contribution in [0.2, 0.25) is 0 Å². The number of aromatic nitrogens is 1. The topological polar surface area (TPSA) is 25.4 Å². The summed E-state index contributed by atoms with van der Waals surface area (Å²) >= 11 is 0. The third-order valence-corrected chi connectivity index (χ3v) is 3.12. The Hall–Kier alpha value is -1.09. The average Bonchev–Trinajstić information content (AvgIpc) is 2.76. The van der Waals surface area contributed by atoms with Crippen LogP contribution in [0.15, 0.2) is 18.3 Å². The van der Waals surface area contributed by atoms with Crippen molar-refractivity contribution in [1.29, 1.82) is 0 Å². The molecule has 3 heteroatoms. The van der Waals surface area contributed by atoms with Gasteiger partial charge in [0.2, 0.25) is 5.88 Å². The molecule has 15 heavy (non-hydrogen) atoms. The van der Waals surface area contributed by atoms with Crippen molar-refractivity contribution in [3.63, 3.8) is 0 Å². The molecule has 0 bridgehead atoms. The zero-order valence-electron chi connectivity index (χ0n) is 9.44. The van der Waals surface area contributed by atoms with Gasteiger partial charge in [-0.2, -0.15) is 0 Å². The van der Waals surface area contributed by atoms with Crippen molar-refractivity contribution < 1.29 is 4.74 Å². The van der Waals surface area contributed by atoms with Crippen LogP contribution in [0.4, 0.5) is 0 Å². The van der Waals surface area contributed by atoms with Crippen molar-refractivity contribution in [1.82, 2.24) is 9.88 Å². The molecule has 1 aliphatic heterocycles. The summed E-state index contributed by atoms with van der Waals surface area (Å²) in [6.45, 7) is 4.50. The first kappa shape index (κ1) is 10.4. The second-order valence-corrected chi connectivity index (χ2v) is 3.89. The number of hydrogen-bond donors (Lipinski definition) is 0. The molecule has 0 aromatic carbocycles. The summed E-state index contributed by atoms with van der Waals surface area (Å²) in [6, 6.07) is 4.62. The van der Waals surface area contributed by atoms with Gasteiger partial charge in [0.15, 0.2) is 0 Å². The maximum atomic E-state index is 5.31. The molecule has 0 spiro atoms. The van der Waals surface area contributed by atoms with E-state index in [0.717, 1.165) is 12.4 Å². The molecule has 0 aliphatic carbocycles. The minimum atomic E-state index is 0.499. The Labute approximate surface area is 91.1 Å². The van der Waals surface area contributed by atoms with Crippen LogP contribution in [0.5, 0.6) is 5.88 Å². The molecule has 1 aliphatic rings. The van der Waals surface area contributed by atoms with E-state index in [0.29, 0.717) is 6.04 Å². The molecule has 1 saturated heterocycles. The second kappa shape index (κ2) is 4.62. The zero-order valence-corrected chi connectivity index (χ0v) is 9.44. The van der Waals surface area contributed by atoms with E-state index in [1.54, 1.807) is 13.3 Å². The highest BCUT2D eigenvalue weighted by Crippen LogP contribution is 2.35. The lowest BCUT2D eigenvalue weighted by atomic mass is 10.1. The van der Waals surface area contributed by atoms with E-state index < -0.39 is 0 Å². The van der Waals surface area contributed by atoms with Gasteiger partial charge in [-0.25, -0.2) is 4.98 Å². The Balaban J connectivity index is 2.27. The zero-order chi connectivity index (χ0) is 10.7. The van der Waals surface area contributed by atoms with Crippen LogP contribution >= 0.6 is 0 Å². The first-order valence-corrected chi connectivity index (χ1v) is 5.59. The predicted octanol–water partition coefficient (Wildman–Crippen LogP) is 2.25. The highest BCUT2D eigenvalue weighted by molar-refractivity contribution is 5.29. The molecule has 82 valence electrons. The lowest BCUT2D eigenvalue weighted by Crippen LogP contribution is -2.23. The number of nitrogens with zero attached hydrogens (tertiary/aromatic N) is 2. The van der Waals surface area contributed by atoms with Gasteiger partial charge in [0, 0.05) is 17.8 Å². The van der Waals surface area contributed by atoms with Crippen molar-refractivity contribution in [2.24, 2.45) is 0 Å². The third kappa shape index (κ3) is 1.97. The fraction of sp³-hybridized carbons (Fsp3) is 0.583. The van der Waals surface area contributed by atoms with Gasteiger partial charge in [-0.1, -0.05) is 13.0 Å². The molecule has 3 nitrogen and oxygen atoms in total. The van der Waals surface area contributed by atoms with E-state index in [9.17, 15) is 0 Å². The molecular weight excluding hydrogens is 188 g/mol. The summed E-state index contributed by atoms with van der Waals surface area (Å²) < 4.78 is 5.31.